The molecule has 7 nitrogen and oxygen atoms in total. The van der Waals surface area contributed by atoms with Crippen molar-refractivity contribution < 1.29 is 22.4 Å². The van der Waals surface area contributed by atoms with Gasteiger partial charge in [0.2, 0.25) is 0 Å². The quantitative estimate of drug-likeness (QED) is 0.114. The van der Waals surface area contributed by atoms with Crippen LogP contribution in [0.2, 0.25) is 0 Å². The number of benzene rings is 2. The lowest BCUT2D eigenvalue weighted by Gasteiger charge is -2.31. The molecule has 2 heterocycles. The molecule has 4 aromatic rings. The number of anilines is 1. The Morgan fingerprint density at radius 3 is 2.49 bits per heavy atom. The molecule has 11 heteroatoms. The van der Waals surface area contributed by atoms with E-state index in [4.69, 9.17) is 16.9 Å². The molecule has 1 fully saturated rings. The predicted molar refractivity (Wildman–Crippen MR) is 147 cm³/mol. The molecule has 212 valence electrons. The van der Waals surface area contributed by atoms with Crippen LogP contribution >= 0.6 is 0 Å². The first kappa shape index (κ1) is 28.0. The second kappa shape index (κ2) is 10.8. The molecule has 1 saturated carbocycles. The summed E-state index contributed by atoms with van der Waals surface area (Å²) in [6.45, 7) is 0. The van der Waals surface area contributed by atoms with Gasteiger partial charge < -0.3 is 21.4 Å². The van der Waals surface area contributed by atoms with Crippen LogP contribution in [0.25, 0.3) is 5.69 Å². The molecule has 0 bridgehead atoms. The number of amides is 1. The third-order valence-electron chi connectivity index (χ3n) is 7.37. The van der Waals surface area contributed by atoms with Gasteiger partial charge in [-0.25, -0.2) is 4.39 Å². The summed E-state index contributed by atoms with van der Waals surface area (Å²) < 4.78 is 57.0. The van der Waals surface area contributed by atoms with Crippen LogP contribution in [-0.4, -0.2) is 21.3 Å². The number of nitrogens with zero attached hydrogens (tertiary/aromatic N) is 2. The summed E-state index contributed by atoms with van der Waals surface area (Å²) in [5, 5.41) is 10.1. The molecule has 0 spiro atoms. The average Bonchev–Trinajstić information content (AvgIpc) is 3.67. The third kappa shape index (κ3) is 5.99. The van der Waals surface area contributed by atoms with Crippen molar-refractivity contribution in [2.75, 3.05) is 5.32 Å². The van der Waals surface area contributed by atoms with Crippen molar-refractivity contribution in [1.29, 1.82) is 5.41 Å². The lowest BCUT2D eigenvalue weighted by Crippen LogP contribution is -2.38. The summed E-state index contributed by atoms with van der Waals surface area (Å²) in [5.74, 6) is -1.45. The number of hydrogen-bond acceptors (Lipinski definition) is 4. The summed E-state index contributed by atoms with van der Waals surface area (Å²) in [7, 11) is 0. The zero-order chi connectivity index (χ0) is 29.4. The predicted octanol–water partition coefficient (Wildman–Crippen LogP) is 5.96. The Bertz CT molecular complexity index is 1600. The molecule has 0 radical (unpaired) electrons. The number of rotatable bonds is 9. The molecule has 1 amide bonds. The molecule has 0 saturated heterocycles. The zero-order valence-electron chi connectivity index (χ0n) is 21.9. The normalized spacial score (nSPS) is 14.9. The molecule has 1 aliphatic rings. The molecular formula is C30H28F4N6O. The lowest BCUT2D eigenvalue weighted by atomic mass is 9.80. The minimum Gasteiger partial charge on any atom is -0.384 e. The van der Waals surface area contributed by atoms with Gasteiger partial charge in [-0.05, 0) is 66.3 Å². The molecule has 0 aliphatic heterocycles. The van der Waals surface area contributed by atoms with Gasteiger partial charge in [-0.1, -0.05) is 37.1 Å². The Hall–Kier alpha value is -4.51. The van der Waals surface area contributed by atoms with Crippen LogP contribution in [0.3, 0.4) is 0 Å². The summed E-state index contributed by atoms with van der Waals surface area (Å²) in [5.41, 5.74) is 11.5. The fourth-order valence-electron chi connectivity index (χ4n) is 4.83. The van der Waals surface area contributed by atoms with Crippen molar-refractivity contribution in [3.63, 3.8) is 0 Å². The van der Waals surface area contributed by atoms with Crippen molar-refractivity contribution >= 4 is 17.4 Å². The topological polar surface area (TPSA) is 123 Å². The number of hydrogen-bond donors (Lipinski definition) is 4. The molecular weight excluding hydrogens is 536 g/mol. The van der Waals surface area contributed by atoms with Crippen LogP contribution < -0.4 is 16.8 Å². The van der Waals surface area contributed by atoms with E-state index in [0.29, 0.717) is 24.0 Å². The number of aromatic nitrogens is 2. The fraction of sp³-hybridized carbons (Fsp3) is 0.233. The maximum Gasteiger partial charge on any atom is 0.417 e. The minimum atomic E-state index is -4.74. The fourth-order valence-corrected chi connectivity index (χ4v) is 4.83. The molecule has 1 atom stereocenters. The minimum absolute atomic E-state index is 0.171. The van der Waals surface area contributed by atoms with Crippen molar-refractivity contribution in [3.8, 4) is 5.69 Å². The number of nitrogens with two attached hydrogens (primary N) is 2. The Labute approximate surface area is 233 Å². The number of nitrogens with one attached hydrogen (secondary N) is 2. The van der Waals surface area contributed by atoms with E-state index < -0.39 is 29.0 Å². The SMILES string of the molecule is N=C(N)c1cccc(-n2cc(C(F)(F)F)cc2C(=O)Nc2cc(C(N)(CCC3CC3)c3cccnc3)ccc2F)c1. The second-order valence-corrected chi connectivity index (χ2v) is 10.3. The first-order chi connectivity index (χ1) is 19.5. The van der Waals surface area contributed by atoms with Crippen LogP contribution in [0.5, 0.6) is 0 Å². The van der Waals surface area contributed by atoms with Crippen LogP contribution in [0, 0.1) is 17.1 Å². The summed E-state index contributed by atoms with van der Waals surface area (Å²) in [6.07, 6.45) is 2.97. The summed E-state index contributed by atoms with van der Waals surface area (Å²) in [4.78, 5) is 17.6. The van der Waals surface area contributed by atoms with Gasteiger partial charge in [0, 0.05) is 29.8 Å². The van der Waals surface area contributed by atoms with E-state index in [0.717, 1.165) is 35.6 Å². The van der Waals surface area contributed by atoms with Crippen LogP contribution in [-0.2, 0) is 11.7 Å². The van der Waals surface area contributed by atoms with E-state index in [1.165, 1.54) is 36.4 Å². The Morgan fingerprint density at radius 1 is 1.05 bits per heavy atom. The highest BCUT2D eigenvalue weighted by Gasteiger charge is 2.35. The highest BCUT2D eigenvalue weighted by molar-refractivity contribution is 6.04. The summed E-state index contributed by atoms with van der Waals surface area (Å²) >= 11 is 0. The van der Waals surface area contributed by atoms with Gasteiger partial charge in [-0.15, -0.1) is 0 Å². The maximum atomic E-state index is 15.0. The largest absolute Gasteiger partial charge is 0.417 e. The van der Waals surface area contributed by atoms with Crippen LogP contribution in [0.4, 0.5) is 23.2 Å². The highest BCUT2D eigenvalue weighted by Crippen LogP contribution is 2.40. The Morgan fingerprint density at radius 2 is 1.83 bits per heavy atom. The molecule has 2 aromatic heterocycles. The van der Waals surface area contributed by atoms with E-state index in [-0.39, 0.29) is 28.5 Å². The van der Waals surface area contributed by atoms with E-state index >= 15 is 4.39 Å². The first-order valence-corrected chi connectivity index (χ1v) is 13.0. The molecule has 5 rings (SSSR count). The highest BCUT2D eigenvalue weighted by atomic mass is 19.4. The first-order valence-electron chi connectivity index (χ1n) is 13.0. The Balaban J connectivity index is 1.52. The van der Waals surface area contributed by atoms with Crippen molar-refractivity contribution in [1.82, 2.24) is 9.55 Å². The monoisotopic (exact) mass is 564 g/mol. The van der Waals surface area contributed by atoms with E-state index in [2.05, 4.69) is 10.3 Å². The smallest absolute Gasteiger partial charge is 0.384 e. The number of nitrogen functional groups attached to an aromatic ring is 1. The Kier molecular flexibility index (Phi) is 7.39. The number of carbonyl (C=O) groups excluding carboxylic acids is 1. The van der Waals surface area contributed by atoms with E-state index in [1.807, 2.05) is 6.07 Å². The van der Waals surface area contributed by atoms with Gasteiger partial charge in [0.05, 0.1) is 16.8 Å². The standard InChI is InChI=1S/C30H28F4N6O/c31-24-9-8-20(29(37,11-10-18-6-7-18)21-4-2-12-38-16-21)14-25(24)39-28(41)26-15-22(30(32,33)34)17-40(26)23-5-1-3-19(13-23)27(35)36/h1-5,8-9,12-18H,6-7,10-11,37H2,(H3,35,36)(H,39,41). The third-order valence-corrected chi connectivity index (χ3v) is 7.37. The number of alkyl halides is 3. The van der Waals surface area contributed by atoms with Gasteiger partial charge in [-0.2, -0.15) is 13.2 Å². The second-order valence-electron chi connectivity index (χ2n) is 10.3. The van der Waals surface area contributed by atoms with Crippen molar-refractivity contribution in [2.24, 2.45) is 17.4 Å². The number of halogens is 4. The van der Waals surface area contributed by atoms with Gasteiger partial charge in [0.25, 0.3) is 5.91 Å². The molecule has 6 N–H and O–H groups in total. The van der Waals surface area contributed by atoms with Gasteiger partial charge >= 0.3 is 6.18 Å². The maximum absolute atomic E-state index is 15.0. The van der Waals surface area contributed by atoms with Crippen molar-refractivity contribution in [2.45, 2.75) is 37.4 Å². The van der Waals surface area contributed by atoms with Gasteiger partial charge in [-0.3, -0.25) is 15.2 Å². The lowest BCUT2D eigenvalue weighted by molar-refractivity contribution is -0.137. The van der Waals surface area contributed by atoms with Crippen LogP contribution in [0.15, 0.2) is 79.3 Å². The molecule has 1 aliphatic carbocycles. The number of amidine groups is 1. The van der Waals surface area contributed by atoms with Crippen molar-refractivity contribution in [3.05, 3.63) is 113 Å². The molecule has 2 aromatic carbocycles. The van der Waals surface area contributed by atoms with Crippen LogP contribution in [0.1, 0.15) is 58.4 Å². The van der Waals surface area contributed by atoms with E-state index in [1.54, 1.807) is 24.5 Å². The number of carbonyl (C=O) groups is 1. The van der Waals surface area contributed by atoms with Gasteiger partial charge in [0.1, 0.15) is 17.3 Å². The summed E-state index contributed by atoms with van der Waals surface area (Å²) in [6, 6.07) is 14.3. The average molecular weight is 565 g/mol. The van der Waals surface area contributed by atoms with E-state index in [9.17, 15) is 18.0 Å². The molecule has 41 heavy (non-hydrogen) atoms. The van der Waals surface area contributed by atoms with Gasteiger partial charge in [0.15, 0.2) is 0 Å². The molecule has 1 unspecified atom stereocenters. The zero-order valence-corrected chi connectivity index (χ0v) is 21.9. The number of pyridine rings is 1.